The highest BCUT2D eigenvalue weighted by Crippen LogP contribution is 2.22. The van der Waals surface area contributed by atoms with Crippen LogP contribution in [0.1, 0.15) is 47.2 Å². The van der Waals surface area contributed by atoms with Crippen LogP contribution in [0.2, 0.25) is 0 Å². The molecule has 0 aromatic heterocycles. The predicted molar refractivity (Wildman–Crippen MR) is 95.9 cm³/mol. The second-order valence-electron chi connectivity index (χ2n) is 5.81. The van der Waals surface area contributed by atoms with Crippen LogP contribution in [-0.2, 0) is 11.3 Å². The van der Waals surface area contributed by atoms with Crippen LogP contribution >= 0.6 is 0 Å². The number of amides is 1. The van der Waals surface area contributed by atoms with Gasteiger partial charge in [-0.15, -0.1) is 0 Å². The zero-order valence-electron chi connectivity index (χ0n) is 14.5. The molecule has 2 rings (SSSR count). The van der Waals surface area contributed by atoms with Gasteiger partial charge in [0.15, 0.2) is 0 Å². The Hall–Kier alpha value is -2.82. The van der Waals surface area contributed by atoms with Gasteiger partial charge in [-0.2, -0.15) is 0 Å². The predicted octanol–water partition coefficient (Wildman–Crippen LogP) is 3.59. The summed E-state index contributed by atoms with van der Waals surface area (Å²) in [5, 5.41) is 12.2. The smallest absolute Gasteiger partial charge is 0.339 e. The van der Waals surface area contributed by atoms with Crippen molar-refractivity contribution in [3.63, 3.8) is 0 Å². The molecule has 0 aliphatic rings. The molecule has 1 amide bonds. The number of rotatable bonds is 8. The van der Waals surface area contributed by atoms with Gasteiger partial charge < -0.3 is 15.2 Å². The highest BCUT2D eigenvalue weighted by Gasteiger charge is 2.19. The van der Waals surface area contributed by atoms with Crippen molar-refractivity contribution in [1.29, 1.82) is 0 Å². The molecule has 2 aromatic rings. The number of carboxylic acid groups (broad SMARTS) is 1. The van der Waals surface area contributed by atoms with Gasteiger partial charge in [-0.05, 0) is 29.7 Å². The molecule has 0 fully saturated rings. The number of methoxy groups -OCH3 is 1. The van der Waals surface area contributed by atoms with E-state index >= 15 is 0 Å². The van der Waals surface area contributed by atoms with Crippen LogP contribution in [0.15, 0.2) is 48.5 Å². The van der Waals surface area contributed by atoms with Crippen molar-refractivity contribution in [2.45, 2.75) is 32.2 Å². The van der Waals surface area contributed by atoms with Gasteiger partial charge in [0.05, 0.1) is 13.0 Å². The lowest BCUT2D eigenvalue weighted by molar-refractivity contribution is -0.122. The van der Waals surface area contributed by atoms with Gasteiger partial charge in [0, 0.05) is 6.54 Å². The summed E-state index contributed by atoms with van der Waals surface area (Å²) in [5.41, 5.74) is 1.79. The summed E-state index contributed by atoms with van der Waals surface area (Å²) in [6.07, 6.45) is 1.66. The van der Waals surface area contributed by atoms with Crippen LogP contribution < -0.4 is 10.1 Å². The monoisotopic (exact) mass is 341 g/mol. The lowest BCUT2D eigenvalue weighted by Crippen LogP contribution is -2.29. The van der Waals surface area contributed by atoms with Crippen molar-refractivity contribution in [3.8, 4) is 5.75 Å². The van der Waals surface area contributed by atoms with E-state index < -0.39 is 5.97 Å². The summed E-state index contributed by atoms with van der Waals surface area (Å²) in [5.74, 6) is -1.02. The largest absolute Gasteiger partial charge is 0.496 e. The Kier molecular flexibility index (Phi) is 6.57. The maximum atomic E-state index is 12.6. The summed E-state index contributed by atoms with van der Waals surface area (Å²) >= 11 is 0. The summed E-state index contributed by atoms with van der Waals surface area (Å²) in [7, 11) is 1.43. The topological polar surface area (TPSA) is 75.6 Å². The van der Waals surface area contributed by atoms with Gasteiger partial charge in [-0.1, -0.05) is 49.7 Å². The molecule has 0 saturated carbocycles. The van der Waals surface area contributed by atoms with Crippen molar-refractivity contribution in [2.75, 3.05) is 7.11 Å². The van der Waals surface area contributed by atoms with E-state index in [1.54, 1.807) is 12.1 Å². The number of carbonyl (C=O) groups is 2. The van der Waals surface area contributed by atoms with Gasteiger partial charge in [0.2, 0.25) is 5.91 Å². The third-order valence-electron chi connectivity index (χ3n) is 4.06. The number of aromatic carboxylic acids is 1. The molecule has 5 nitrogen and oxygen atoms in total. The molecule has 0 radical (unpaired) electrons. The molecule has 2 aromatic carbocycles. The van der Waals surface area contributed by atoms with E-state index in [1.807, 2.05) is 37.3 Å². The van der Waals surface area contributed by atoms with Crippen LogP contribution in [0.3, 0.4) is 0 Å². The Labute approximate surface area is 147 Å². The fourth-order valence-electron chi connectivity index (χ4n) is 2.77. The van der Waals surface area contributed by atoms with Gasteiger partial charge in [0.25, 0.3) is 0 Å². The first-order chi connectivity index (χ1) is 12.1. The Balaban J connectivity index is 2.10. The summed E-state index contributed by atoms with van der Waals surface area (Å²) in [6.45, 7) is 2.32. The first kappa shape index (κ1) is 18.5. The van der Waals surface area contributed by atoms with E-state index in [-0.39, 0.29) is 23.9 Å². The molecule has 0 aliphatic carbocycles. The fraction of sp³-hybridized carbons (Fsp3) is 0.300. The molecule has 0 heterocycles. The average molecular weight is 341 g/mol. The van der Waals surface area contributed by atoms with Gasteiger partial charge in [0.1, 0.15) is 11.3 Å². The Morgan fingerprint density at radius 3 is 2.48 bits per heavy atom. The molecule has 0 unspecified atom stereocenters. The molecule has 132 valence electrons. The van der Waals surface area contributed by atoms with Gasteiger partial charge in [-0.3, -0.25) is 4.79 Å². The molecule has 0 spiro atoms. The first-order valence-corrected chi connectivity index (χ1v) is 8.29. The zero-order chi connectivity index (χ0) is 18.2. The number of carboxylic acids is 1. The SMILES string of the molecule is CCC[C@H](C(=O)NCc1ccc(OC)c(C(=O)O)c1)c1ccccc1. The van der Waals surface area contributed by atoms with E-state index in [0.717, 1.165) is 24.0 Å². The van der Waals surface area contributed by atoms with Crippen molar-refractivity contribution in [1.82, 2.24) is 5.32 Å². The maximum absolute atomic E-state index is 12.6. The maximum Gasteiger partial charge on any atom is 0.339 e. The highest BCUT2D eigenvalue weighted by atomic mass is 16.5. The van der Waals surface area contributed by atoms with E-state index in [2.05, 4.69) is 5.32 Å². The van der Waals surface area contributed by atoms with Crippen molar-refractivity contribution >= 4 is 11.9 Å². The van der Waals surface area contributed by atoms with Gasteiger partial charge in [-0.25, -0.2) is 4.79 Å². The van der Waals surface area contributed by atoms with Crippen LogP contribution in [0.5, 0.6) is 5.75 Å². The second kappa shape index (κ2) is 8.87. The lowest BCUT2D eigenvalue weighted by Gasteiger charge is -2.17. The third kappa shape index (κ3) is 4.83. The highest BCUT2D eigenvalue weighted by molar-refractivity contribution is 5.91. The quantitative estimate of drug-likeness (QED) is 0.769. The second-order valence-corrected chi connectivity index (χ2v) is 5.81. The minimum atomic E-state index is -1.06. The number of ether oxygens (including phenoxy) is 1. The number of benzene rings is 2. The molecular formula is C20H23NO4. The molecule has 2 N–H and O–H groups in total. The van der Waals surface area contributed by atoms with Crippen molar-refractivity contribution in [2.24, 2.45) is 0 Å². The van der Waals surface area contributed by atoms with Crippen LogP contribution in [-0.4, -0.2) is 24.1 Å². The number of carbonyl (C=O) groups excluding carboxylic acids is 1. The lowest BCUT2D eigenvalue weighted by atomic mass is 9.93. The summed E-state index contributed by atoms with van der Waals surface area (Å²) in [6, 6.07) is 14.6. The molecule has 5 heteroatoms. The standard InChI is InChI=1S/C20H23NO4/c1-3-7-16(15-8-5-4-6-9-15)19(22)21-13-14-10-11-18(25-2)17(12-14)20(23)24/h4-6,8-12,16H,3,7,13H2,1-2H3,(H,21,22)(H,23,24)/t16-/m0/s1. The summed E-state index contributed by atoms with van der Waals surface area (Å²) in [4.78, 5) is 23.9. The minimum Gasteiger partial charge on any atom is -0.496 e. The molecule has 0 aliphatic heterocycles. The molecular weight excluding hydrogens is 318 g/mol. The van der Waals surface area contributed by atoms with E-state index in [0.29, 0.717) is 5.75 Å². The van der Waals surface area contributed by atoms with Crippen molar-refractivity contribution < 1.29 is 19.4 Å². The Morgan fingerprint density at radius 2 is 1.88 bits per heavy atom. The van der Waals surface area contributed by atoms with Crippen molar-refractivity contribution in [3.05, 3.63) is 65.2 Å². The molecule has 0 saturated heterocycles. The zero-order valence-corrected chi connectivity index (χ0v) is 14.5. The van der Waals surface area contributed by atoms with E-state index in [1.165, 1.54) is 13.2 Å². The van der Waals surface area contributed by atoms with Crippen LogP contribution in [0.25, 0.3) is 0 Å². The molecule has 25 heavy (non-hydrogen) atoms. The van der Waals surface area contributed by atoms with E-state index in [9.17, 15) is 14.7 Å². The van der Waals surface area contributed by atoms with E-state index in [4.69, 9.17) is 4.74 Å². The minimum absolute atomic E-state index is 0.0549. The molecule has 1 atom stereocenters. The number of nitrogens with one attached hydrogen (secondary N) is 1. The first-order valence-electron chi connectivity index (χ1n) is 8.29. The van der Waals surface area contributed by atoms with Crippen LogP contribution in [0.4, 0.5) is 0 Å². The molecule has 0 bridgehead atoms. The fourth-order valence-corrected chi connectivity index (χ4v) is 2.77. The normalized spacial score (nSPS) is 11.6. The number of hydrogen-bond donors (Lipinski definition) is 2. The third-order valence-corrected chi connectivity index (χ3v) is 4.06. The average Bonchev–Trinajstić information content (AvgIpc) is 2.64. The Bertz CT molecular complexity index is 728. The summed E-state index contributed by atoms with van der Waals surface area (Å²) < 4.78 is 5.05. The number of hydrogen-bond acceptors (Lipinski definition) is 3. The Morgan fingerprint density at radius 1 is 1.16 bits per heavy atom. The van der Waals surface area contributed by atoms with Gasteiger partial charge >= 0.3 is 5.97 Å². The van der Waals surface area contributed by atoms with Crippen LogP contribution in [0, 0.1) is 0 Å².